The summed E-state index contributed by atoms with van der Waals surface area (Å²) in [5.74, 6) is -0.0307. The number of carbonyl (C=O) groups excluding carboxylic acids is 2. The zero-order chi connectivity index (χ0) is 52.9. The number of esters is 1. The number of allylic oxidation sites excluding steroid dienone is 6. The maximum Gasteiger partial charge on any atom is 0.305 e. The van der Waals surface area contributed by atoms with Gasteiger partial charge in [0.2, 0.25) is 5.91 Å². The van der Waals surface area contributed by atoms with Crippen LogP contribution in [0.5, 0.6) is 0 Å². The van der Waals surface area contributed by atoms with E-state index in [0.717, 1.165) is 51.4 Å². The van der Waals surface area contributed by atoms with Crippen LogP contribution >= 0.6 is 0 Å². The first-order valence-corrected chi connectivity index (χ1v) is 32.7. The SMILES string of the molecule is CCCC/C=C\CCCCCCCC(=O)OCCCCCCCCCCC/C=C\C/C=C\CCCCCCCCCCCCCCCCCC(=O)NC(CO)C(O)CCCCCCCCCCCCCCCC. The molecule has 0 bridgehead atoms. The third-order valence-corrected chi connectivity index (χ3v) is 15.2. The van der Waals surface area contributed by atoms with E-state index in [-0.39, 0.29) is 18.5 Å². The number of hydrogen-bond acceptors (Lipinski definition) is 5. The lowest BCUT2D eigenvalue weighted by Crippen LogP contribution is -2.45. The standard InChI is InChI=1S/C67H127NO5/c1-3-5-7-9-11-13-15-16-36-40-43-47-51-55-59-65(70)64(63-69)68-66(71)60-56-52-48-44-41-37-34-32-30-28-26-24-22-20-18-17-19-21-23-25-27-29-31-33-35-38-42-46-50-54-58-62-73-67(72)61-57-53-49-45-39-14-12-10-8-6-4-2/h10,12,19,21,25,27,64-65,69-70H,3-9,11,13-18,20,22-24,26,28-63H2,1-2H3,(H,68,71)/b12-10-,21-19-,27-25-. The Morgan fingerprint density at radius 1 is 0.384 bits per heavy atom. The van der Waals surface area contributed by atoms with E-state index in [4.69, 9.17) is 4.74 Å². The Morgan fingerprint density at radius 3 is 1.10 bits per heavy atom. The molecule has 430 valence electrons. The van der Waals surface area contributed by atoms with E-state index < -0.39 is 12.1 Å². The zero-order valence-corrected chi connectivity index (χ0v) is 49.1. The summed E-state index contributed by atoms with van der Waals surface area (Å²) in [6.07, 6.45) is 78.9. The molecule has 0 aliphatic rings. The van der Waals surface area contributed by atoms with E-state index >= 15 is 0 Å². The molecule has 1 amide bonds. The van der Waals surface area contributed by atoms with Gasteiger partial charge in [0, 0.05) is 12.8 Å². The average molecular weight is 1030 g/mol. The second-order valence-electron chi connectivity index (χ2n) is 22.4. The van der Waals surface area contributed by atoms with E-state index in [2.05, 4.69) is 55.6 Å². The van der Waals surface area contributed by atoms with Crippen LogP contribution in [0.3, 0.4) is 0 Å². The molecule has 0 aliphatic heterocycles. The van der Waals surface area contributed by atoms with Crippen LogP contribution in [0.1, 0.15) is 354 Å². The monoisotopic (exact) mass is 1030 g/mol. The van der Waals surface area contributed by atoms with Gasteiger partial charge in [0.1, 0.15) is 0 Å². The van der Waals surface area contributed by atoms with Gasteiger partial charge >= 0.3 is 5.97 Å². The van der Waals surface area contributed by atoms with Crippen LogP contribution in [0.2, 0.25) is 0 Å². The third kappa shape index (κ3) is 59.2. The summed E-state index contributed by atoms with van der Waals surface area (Å²) < 4.78 is 5.46. The smallest absolute Gasteiger partial charge is 0.305 e. The van der Waals surface area contributed by atoms with Crippen molar-refractivity contribution in [3.8, 4) is 0 Å². The molecule has 0 fully saturated rings. The second kappa shape index (κ2) is 62.6. The van der Waals surface area contributed by atoms with E-state index in [1.165, 1.54) is 270 Å². The Morgan fingerprint density at radius 2 is 0.699 bits per heavy atom. The lowest BCUT2D eigenvalue weighted by Gasteiger charge is -2.22. The minimum Gasteiger partial charge on any atom is -0.466 e. The molecule has 6 nitrogen and oxygen atoms in total. The molecule has 0 saturated heterocycles. The van der Waals surface area contributed by atoms with Crippen LogP contribution < -0.4 is 5.32 Å². The van der Waals surface area contributed by atoms with E-state index in [0.29, 0.717) is 25.9 Å². The van der Waals surface area contributed by atoms with Gasteiger partial charge in [0.25, 0.3) is 0 Å². The summed E-state index contributed by atoms with van der Waals surface area (Å²) in [5, 5.41) is 23.3. The Bertz CT molecular complexity index is 1180. The van der Waals surface area contributed by atoms with Gasteiger partial charge in [-0.3, -0.25) is 9.59 Å². The predicted molar refractivity (Wildman–Crippen MR) is 319 cm³/mol. The summed E-state index contributed by atoms with van der Waals surface area (Å²) in [5.41, 5.74) is 0. The lowest BCUT2D eigenvalue weighted by atomic mass is 10.0. The quantitative estimate of drug-likeness (QED) is 0.0320. The van der Waals surface area contributed by atoms with Gasteiger partial charge < -0.3 is 20.3 Å². The molecule has 0 aromatic heterocycles. The highest BCUT2D eigenvalue weighted by atomic mass is 16.5. The Labute approximate surface area is 455 Å². The molecule has 0 heterocycles. The number of unbranched alkanes of at least 4 members (excludes halogenated alkanes) is 44. The van der Waals surface area contributed by atoms with Crippen molar-refractivity contribution in [2.45, 2.75) is 366 Å². The van der Waals surface area contributed by atoms with Gasteiger partial charge in [-0.15, -0.1) is 0 Å². The molecular formula is C67H127NO5. The number of aliphatic hydroxyl groups excluding tert-OH is 2. The van der Waals surface area contributed by atoms with E-state index in [1.54, 1.807) is 0 Å². The molecule has 0 rings (SSSR count). The van der Waals surface area contributed by atoms with Crippen molar-refractivity contribution in [2.24, 2.45) is 0 Å². The van der Waals surface area contributed by atoms with Crippen LogP contribution in [0, 0.1) is 0 Å². The summed E-state index contributed by atoms with van der Waals surface area (Å²) in [6.45, 7) is 4.93. The van der Waals surface area contributed by atoms with Crippen LogP contribution in [-0.4, -0.2) is 47.4 Å². The fourth-order valence-corrected chi connectivity index (χ4v) is 10.1. The van der Waals surface area contributed by atoms with E-state index in [1.807, 2.05) is 0 Å². The molecule has 0 radical (unpaired) electrons. The number of rotatable bonds is 61. The molecule has 6 heteroatoms. The van der Waals surface area contributed by atoms with Crippen molar-refractivity contribution in [3.05, 3.63) is 36.5 Å². The van der Waals surface area contributed by atoms with Crippen molar-refractivity contribution in [2.75, 3.05) is 13.2 Å². The van der Waals surface area contributed by atoms with Gasteiger partial charge in [0.15, 0.2) is 0 Å². The van der Waals surface area contributed by atoms with Crippen molar-refractivity contribution >= 4 is 11.9 Å². The largest absolute Gasteiger partial charge is 0.466 e. The van der Waals surface area contributed by atoms with Gasteiger partial charge in [-0.05, 0) is 77.0 Å². The molecule has 0 aromatic rings. The Kier molecular flexibility index (Phi) is 61.0. The first-order valence-electron chi connectivity index (χ1n) is 32.7. The maximum atomic E-state index is 12.5. The normalized spacial score (nSPS) is 12.8. The fourth-order valence-electron chi connectivity index (χ4n) is 10.1. The van der Waals surface area contributed by atoms with Crippen LogP contribution in [-0.2, 0) is 14.3 Å². The molecule has 2 atom stereocenters. The fraction of sp³-hybridized carbons (Fsp3) is 0.881. The van der Waals surface area contributed by atoms with Crippen molar-refractivity contribution in [3.63, 3.8) is 0 Å². The molecule has 3 N–H and O–H groups in total. The number of hydrogen-bond donors (Lipinski definition) is 3. The van der Waals surface area contributed by atoms with Crippen molar-refractivity contribution < 1.29 is 24.5 Å². The minimum absolute atomic E-state index is 0.00205. The first-order chi connectivity index (χ1) is 36.0. The molecule has 0 aromatic carbocycles. The van der Waals surface area contributed by atoms with Gasteiger partial charge in [-0.25, -0.2) is 0 Å². The topological polar surface area (TPSA) is 95.9 Å². The molecule has 73 heavy (non-hydrogen) atoms. The maximum absolute atomic E-state index is 12.5. The molecule has 0 aliphatic carbocycles. The van der Waals surface area contributed by atoms with Crippen molar-refractivity contribution in [1.29, 1.82) is 0 Å². The number of nitrogens with one attached hydrogen (secondary N) is 1. The highest BCUT2D eigenvalue weighted by Crippen LogP contribution is 2.18. The minimum atomic E-state index is -0.663. The Hall–Kier alpha value is -1.92. The highest BCUT2D eigenvalue weighted by molar-refractivity contribution is 5.76. The summed E-state index contributed by atoms with van der Waals surface area (Å²) in [7, 11) is 0. The molecule has 0 spiro atoms. The molecule has 2 unspecified atom stereocenters. The number of ether oxygens (including phenoxy) is 1. The van der Waals surface area contributed by atoms with Gasteiger partial charge in [-0.2, -0.15) is 0 Å². The van der Waals surface area contributed by atoms with Gasteiger partial charge in [0.05, 0.1) is 25.4 Å². The summed E-state index contributed by atoms with van der Waals surface area (Å²) in [4.78, 5) is 24.5. The number of amides is 1. The first kappa shape index (κ1) is 71.1. The number of aliphatic hydroxyl groups is 2. The lowest BCUT2D eigenvalue weighted by molar-refractivity contribution is -0.143. The van der Waals surface area contributed by atoms with Gasteiger partial charge in [-0.1, -0.05) is 301 Å². The highest BCUT2D eigenvalue weighted by Gasteiger charge is 2.20. The summed E-state index contributed by atoms with van der Waals surface area (Å²) in [6, 6.07) is -0.540. The molecular weight excluding hydrogens is 899 g/mol. The van der Waals surface area contributed by atoms with Crippen LogP contribution in [0.25, 0.3) is 0 Å². The van der Waals surface area contributed by atoms with Crippen molar-refractivity contribution in [1.82, 2.24) is 5.32 Å². The Balaban J connectivity index is 3.39. The molecule has 0 saturated carbocycles. The predicted octanol–water partition coefficient (Wildman–Crippen LogP) is 20.8. The number of carbonyl (C=O) groups is 2. The average Bonchev–Trinajstić information content (AvgIpc) is 3.39. The summed E-state index contributed by atoms with van der Waals surface area (Å²) >= 11 is 0. The van der Waals surface area contributed by atoms with E-state index in [9.17, 15) is 19.8 Å². The van der Waals surface area contributed by atoms with Crippen LogP contribution in [0.4, 0.5) is 0 Å². The third-order valence-electron chi connectivity index (χ3n) is 15.2. The zero-order valence-electron chi connectivity index (χ0n) is 49.1. The second-order valence-corrected chi connectivity index (χ2v) is 22.4. The van der Waals surface area contributed by atoms with Crippen LogP contribution in [0.15, 0.2) is 36.5 Å².